The van der Waals surface area contributed by atoms with Gasteiger partial charge >= 0.3 is 0 Å². The number of hydrogen-bond acceptors (Lipinski definition) is 2. The highest BCUT2D eigenvalue weighted by Crippen LogP contribution is 2.35. The van der Waals surface area contributed by atoms with Gasteiger partial charge in [0, 0.05) is 0 Å². The monoisotopic (exact) mass is 203 g/mol. The SMILES string of the molecule is c1cc2c(cc1C[C]1CCCC1)OCO2. The van der Waals surface area contributed by atoms with Crippen molar-refractivity contribution >= 4 is 0 Å². The van der Waals surface area contributed by atoms with Gasteiger partial charge < -0.3 is 9.47 Å². The molecule has 0 bridgehead atoms. The Morgan fingerprint density at radius 2 is 1.80 bits per heavy atom. The summed E-state index contributed by atoms with van der Waals surface area (Å²) in [5.74, 6) is 3.48. The van der Waals surface area contributed by atoms with E-state index < -0.39 is 0 Å². The largest absolute Gasteiger partial charge is 0.454 e. The van der Waals surface area contributed by atoms with E-state index in [4.69, 9.17) is 9.47 Å². The van der Waals surface area contributed by atoms with Crippen LogP contribution in [0, 0.1) is 5.92 Å². The molecule has 0 unspecified atom stereocenters. The summed E-state index contributed by atoms with van der Waals surface area (Å²) in [6.07, 6.45) is 6.50. The fourth-order valence-electron chi connectivity index (χ4n) is 2.39. The summed E-state index contributed by atoms with van der Waals surface area (Å²) in [5, 5.41) is 0. The minimum Gasteiger partial charge on any atom is -0.454 e. The standard InChI is InChI=1S/C13H15O2/c1-2-4-10(3-1)7-11-5-6-12-13(8-11)15-9-14-12/h5-6,8H,1-4,7,9H2. The topological polar surface area (TPSA) is 18.5 Å². The van der Waals surface area contributed by atoms with Crippen molar-refractivity contribution < 1.29 is 9.47 Å². The van der Waals surface area contributed by atoms with Crippen LogP contribution in [0.15, 0.2) is 18.2 Å². The highest BCUT2D eigenvalue weighted by atomic mass is 16.7. The van der Waals surface area contributed by atoms with Crippen LogP contribution in [-0.2, 0) is 6.42 Å². The Labute approximate surface area is 90.2 Å². The molecule has 1 saturated carbocycles. The third-order valence-corrected chi connectivity index (χ3v) is 3.20. The zero-order valence-corrected chi connectivity index (χ0v) is 8.79. The first-order valence-corrected chi connectivity index (χ1v) is 5.64. The van der Waals surface area contributed by atoms with Gasteiger partial charge in [0.05, 0.1) is 0 Å². The molecule has 0 amide bonds. The molecule has 1 aliphatic heterocycles. The zero-order chi connectivity index (χ0) is 10.1. The van der Waals surface area contributed by atoms with Crippen LogP contribution in [0.25, 0.3) is 0 Å². The van der Waals surface area contributed by atoms with Crippen LogP contribution in [0.5, 0.6) is 11.5 Å². The summed E-state index contributed by atoms with van der Waals surface area (Å²) < 4.78 is 10.7. The minimum atomic E-state index is 0.370. The summed E-state index contributed by atoms with van der Waals surface area (Å²) >= 11 is 0. The van der Waals surface area contributed by atoms with E-state index in [9.17, 15) is 0 Å². The molecular formula is C13H15O2. The van der Waals surface area contributed by atoms with Crippen molar-refractivity contribution in [2.45, 2.75) is 32.1 Å². The molecule has 2 heteroatoms. The lowest BCUT2D eigenvalue weighted by atomic mass is 9.98. The first-order chi connectivity index (χ1) is 7.42. The normalized spacial score (nSPS) is 19.7. The molecule has 3 rings (SSSR count). The Hall–Kier alpha value is -1.18. The second kappa shape index (κ2) is 3.76. The predicted octanol–water partition coefficient (Wildman–Crippen LogP) is 3.11. The van der Waals surface area contributed by atoms with Crippen LogP contribution >= 0.6 is 0 Å². The number of fused-ring (bicyclic) bond motifs is 1. The number of hydrogen-bond donors (Lipinski definition) is 0. The Kier molecular flexibility index (Phi) is 2.28. The summed E-state index contributed by atoms with van der Waals surface area (Å²) in [6.45, 7) is 0.370. The Morgan fingerprint density at radius 1 is 1.00 bits per heavy atom. The Morgan fingerprint density at radius 3 is 2.67 bits per heavy atom. The van der Waals surface area contributed by atoms with Gasteiger partial charge in [0.2, 0.25) is 6.79 Å². The van der Waals surface area contributed by atoms with Gasteiger partial charge in [0.1, 0.15) is 0 Å². The van der Waals surface area contributed by atoms with Crippen LogP contribution in [-0.4, -0.2) is 6.79 Å². The molecule has 0 saturated heterocycles. The number of rotatable bonds is 2. The van der Waals surface area contributed by atoms with E-state index in [0.29, 0.717) is 6.79 Å². The van der Waals surface area contributed by atoms with Gasteiger partial charge in [-0.05, 0) is 42.9 Å². The second-order valence-corrected chi connectivity index (χ2v) is 4.32. The van der Waals surface area contributed by atoms with Gasteiger partial charge in [-0.2, -0.15) is 0 Å². The number of ether oxygens (including phenoxy) is 2. The van der Waals surface area contributed by atoms with Gasteiger partial charge in [-0.15, -0.1) is 0 Å². The maximum atomic E-state index is 5.37. The molecule has 1 aliphatic carbocycles. The summed E-state index contributed by atoms with van der Waals surface area (Å²) in [5.41, 5.74) is 1.36. The van der Waals surface area contributed by atoms with E-state index >= 15 is 0 Å². The maximum absolute atomic E-state index is 5.37. The molecule has 1 radical (unpaired) electrons. The molecule has 0 atom stereocenters. The van der Waals surface area contributed by atoms with Crippen molar-refractivity contribution in [3.8, 4) is 11.5 Å². The Balaban J connectivity index is 1.75. The first-order valence-electron chi connectivity index (χ1n) is 5.64. The molecule has 2 aliphatic rings. The van der Waals surface area contributed by atoms with Gasteiger partial charge in [-0.3, -0.25) is 0 Å². The van der Waals surface area contributed by atoms with Crippen LogP contribution in [0.3, 0.4) is 0 Å². The highest BCUT2D eigenvalue weighted by molar-refractivity contribution is 5.45. The number of benzene rings is 1. The second-order valence-electron chi connectivity index (χ2n) is 4.32. The van der Waals surface area contributed by atoms with Gasteiger partial charge in [-0.1, -0.05) is 18.9 Å². The van der Waals surface area contributed by atoms with Crippen LogP contribution in [0.2, 0.25) is 0 Å². The molecule has 79 valence electrons. The molecule has 0 N–H and O–H groups in total. The molecule has 1 aromatic carbocycles. The molecule has 15 heavy (non-hydrogen) atoms. The van der Waals surface area contributed by atoms with Gasteiger partial charge in [-0.25, -0.2) is 0 Å². The lowest BCUT2D eigenvalue weighted by molar-refractivity contribution is 0.174. The fraction of sp³-hybridized carbons (Fsp3) is 0.462. The van der Waals surface area contributed by atoms with E-state index in [1.54, 1.807) is 5.92 Å². The minimum absolute atomic E-state index is 0.370. The molecule has 1 aromatic rings. The van der Waals surface area contributed by atoms with Crippen LogP contribution in [0.4, 0.5) is 0 Å². The first kappa shape index (κ1) is 9.08. The van der Waals surface area contributed by atoms with Gasteiger partial charge in [0.15, 0.2) is 11.5 Å². The fourth-order valence-corrected chi connectivity index (χ4v) is 2.39. The van der Waals surface area contributed by atoms with Crippen molar-refractivity contribution in [2.75, 3.05) is 6.79 Å². The smallest absolute Gasteiger partial charge is 0.231 e. The maximum Gasteiger partial charge on any atom is 0.231 e. The van der Waals surface area contributed by atoms with Crippen molar-refractivity contribution in [1.82, 2.24) is 0 Å². The van der Waals surface area contributed by atoms with E-state index in [2.05, 4.69) is 12.1 Å². The lowest BCUT2D eigenvalue weighted by Crippen LogP contribution is -1.96. The molecule has 2 nitrogen and oxygen atoms in total. The quantitative estimate of drug-likeness (QED) is 0.735. The van der Waals surface area contributed by atoms with Crippen LogP contribution < -0.4 is 9.47 Å². The van der Waals surface area contributed by atoms with Crippen molar-refractivity contribution in [3.05, 3.63) is 29.7 Å². The zero-order valence-electron chi connectivity index (χ0n) is 8.79. The van der Waals surface area contributed by atoms with Crippen molar-refractivity contribution in [2.24, 2.45) is 0 Å². The molecule has 1 fully saturated rings. The van der Waals surface area contributed by atoms with Crippen molar-refractivity contribution in [3.63, 3.8) is 0 Å². The molecule has 1 heterocycles. The summed E-state index contributed by atoms with van der Waals surface area (Å²) in [4.78, 5) is 0. The predicted molar refractivity (Wildman–Crippen MR) is 58.0 cm³/mol. The molecular weight excluding hydrogens is 188 g/mol. The molecule has 0 spiro atoms. The van der Waals surface area contributed by atoms with Crippen LogP contribution in [0.1, 0.15) is 31.2 Å². The summed E-state index contributed by atoms with van der Waals surface area (Å²) in [6, 6.07) is 6.29. The van der Waals surface area contributed by atoms with E-state index in [0.717, 1.165) is 17.9 Å². The van der Waals surface area contributed by atoms with E-state index in [1.807, 2.05) is 6.07 Å². The Bertz CT molecular complexity index is 354. The molecule has 0 aromatic heterocycles. The highest BCUT2D eigenvalue weighted by Gasteiger charge is 2.18. The lowest BCUT2D eigenvalue weighted by Gasteiger charge is -2.08. The van der Waals surface area contributed by atoms with E-state index in [-0.39, 0.29) is 0 Å². The third-order valence-electron chi connectivity index (χ3n) is 3.20. The average Bonchev–Trinajstić information content (AvgIpc) is 2.87. The summed E-state index contributed by atoms with van der Waals surface area (Å²) in [7, 11) is 0. The third kappa shape index (κ3) is 1.81. The van der Waals surface area contributed by atoms with Gasteiger partial charge in [0.25, 0.3) is 0 Å². The van der Waals surface area contributed by atoms with E-state index in [1.165, 1.54) is 31.2 Å². The average molecular weight is 203 g/mol. The van der Waals surface area contributed by atoms with Crippen molar-refractivity contribution in [1.29, 1.82) is 0 Å².